The third kappa shape index (κ3) is 3.63. The van der Waals surface area contributed by atoms with Crippen LogP contribution in [0.2, 0.25) is 0 Å². The first kappa shape index (κ1) is 14.1. The van der Waals surface area contributed by atoms with Crippen molar-refractivity contribution in [3.8, 4) is 0 Å². The van der Waals surface area contributed by atoms with Crippen LogP contribution >= 0.6 is 0 Å². The van der Waals surface area contributed by atoms with Gasteiger partial charge in [0.15, 0.2) is 5.82 Å². The molecular weight excluding hydrogens is 262 g/mol. The fraction of sp³-hybridized carbons (Fsp3) is 0.529. The number of nitrogens with zero attached hydrogens (tertiary/aromatic N) is 2. The van der Waals surface area contributed by atoms with Crippen molar-refractivity contribution in [2.75, 3.05) is 5.32 Å². The lowest BCUT2D eigenvalue weighted by atomic mass is 9.83. The number of nitrogens with one attached hydrogen (secondary N) is 1. The molecule has 0 spiro atoms. The van der Waals surface area contributed by atoms with E-state index >= 15 is 0 Å². The van der Waals surface area contributed by atoms with Crippen LogP contribution in [0.4, 0.5) is 5.69 Å². The first-order chi connectivity index (χ1) is 10.2. The largest absolute Gasteiger partial charge is 0.376 e. The molecule has 4 heteroatoms. The smallest absolute Gasteiger partial charge is 0.245 e. The van der Waals surface area contributed by atoms with E-state index < -0.39 is 0 Å². The van der Waals surface area contributed by atoms with Gasteiger partial charge in [-0.05, 0) is 37.8 Å². The zero-order valence-electron chi connectivity index (χ0n) is 12.8. The molecule has 1 aliphatic rings. The summed E-state index contributed by atoms with van der Waals surface area (Å²) in [6, 6.07) is 8.31. The molecule has 0 unspecified atom stereocenters. The molecule has 1 heterocycles. The van der Waals surface area contributed by atoms with E-state index in [9.17, 15) is 0 Å². The van der Waals surface area contributed by atoms with Gasteiger partial charge in [0.1, 0.15) is 0 Å². The quantitative estimate of drug-likeness (QED) is 0.910. The highest BCUT2D eigenvalue weighted by molar-refractivity contribution is 5.44. The van der Waals surface area contributed by atoms with Crippen LogP contribution < -0.4 is 5.32 Å². The average Bonchev–Trinajstić information content (AvgIpc) is 2.96. The molecule has 2 aromatic rings. The molecule has 1 aliphatic carbocycles. The Kier molecular flexibility index (Phi) is 4.23. The second-order valence-corrected chi connectivity index (χ2v) is 6.22. The normalized spacial score (nSPS) is 22.2. The molecule has 21 heavy (non-hydrogen) atoms. The van der Waals surface area contributed by atoms with Crippen LogP contribution in [0.15, 0.2) is 28.8 Å². The number of aryl methyl sites for hydroxylation is 1. The van der Waals surface area contributed by atoms with Gasteiger partial charge in [0.25, 0.3) is 0 Å². The Labute approximate surface area is 126 Å². The fourth-order valence-corrected chi connectivity index (χ4v) is 2.87. The van der Waals surface area contributed by atoms with Crippen molar-refractivity contribution < 1.29 is 4.52 Å². The van der Waals surface area contributed by atoms with Gasteiger partial charge in [-0.3, -0.25) is 0 Å². The molecule has 1 fully saturated rings. The van der Waals surface area contributed by atoms with Gasteiger partial charge in [0.05, 0.1) is 6.54 Å². The number of hydrogen-bond acceptors (Lipinski definition) is 4. The Morgan fingerprint density at radius 1 is 1.14 bits per heavy atom. The van der Waals surface area contributed by atoms with Crippen molar-refractivity contribution in [2.24, 2.45) is 5.92 Å². The lowest BCUT2D eigenvalue weighted by molar-refractivity contribution is 0.324. The molecule has 0 aliphatic heterocycles. The van der Waals surface area contributed by atoms with E-state index in [-0.39, 0.29) is 0 Å². The first-order valence-electron chi connectivity index (χ1n) is 7.84. The Balaban J connectivity index is 1.56. The minimum atomic E-state index is 0.484. The van der Waals surface area contributed by atoms with Crippen LogP contribution in [0.25, 0.3) is 0 Å². The molecule has 1 saturated carbocycles. The van der Waals surface area contributed by atoms with E-state index in [0.29, 0.717) is 18.4 Å². The summed E-state index contributed by atoms with van der Waals surface area (Å²) in [6.45, 7) is 4.99. The van der Waals surface area contributed by atoms with Crippen molar-refractivity contribution in [2.45, 2.75) is 52.0 Å². The minimum absolute atomic E-state index is 0.484. The summed E-state index contributed by atoms with van der Waals surface area (Å²) in [5, 5.41) is 7.48. The Morgan fingerprint density at radius 2 is 1.86 bits per heavy atom. The summed E-state index contributed by atoms with van der Waals surface area (Å²) in [4.78, 5) is 4.55. The molecule has 1 aromatic carbocycles. The summed E-state index contributed by atoms with van der Waals surface area (Å²) in [5.74, 6) is 2.89. The van der Waals surface area contributed by atoms with Crippen LogP contribution in [0.5, 0.6) is 0 Å². The predicted molar refractivity (Wildman–Crippen MR) is 83.2 cm³/mol. The highest BCUT2D eigenvalue weighted by Gasteiger charge is 2.23. The third-order valence-electron chi connectivity index (χ3n) is 4.36. The van der Waals surface area contributed by atoms with Crippen molar-refractivity contribution in [1.29, 1.82) is 0 Å². The van der Waals surface area contributed by atoms with Crippen molar-refractivity contribution in [3.63, 3.8) is 0 Å². The molecule has 0 radical (unpaired) electrons. The summed E-state index contributed by atoms with van der Waals surface area (Å²) in [7, 11) is 0. The van der Waals surface area contributed by atoms with Crippen molar-refractivity contribution in [3.05, 3.63) is 41.5 Å². The molecule has 1 N–H and O–H groups in total. The van der Waals surface area contributed by atoms with Crippen LogP contribution in [-0.4, -0.2) is 10.1 Å². The summed E-state index contributed by atoms with van der Waals surface area (Å²) in [5.41, 5.74) is 2.33. The zero-order chi connectivity index (χ0) is 14.7. The lowest BCUT2D eigenvalue weighted by Crippen LogP contribution is -2.12. The molecule has 112 valence electrons. The fourth-order valence-electron chi connectivity index (χ4n) is 2.87. The Bertz CT molecular complexity index is 568. The minimum Gasteiger partial charge on any atom is -0.376 e. The van der Waals surface area contributed by atoms with Gasteiger partial charge in [0.2, 0.25) is 5.89 Å². The molecule has 3 rings (SSSR count). The Morgan fingerprint density at radius 3 is 2.57 bits per heavy atom. The number of benzene rings is 1. The average molecular weight is 285 g/mol. The summed E-state index contributed by atoms with van der Waals surface area (Å²) < 4.78 is 5.37. The number of rotatable bonds is 4. The van der Waals surface area contributed by atoms with Crippen LogP contribution in [0.1, 0.15) is 55.8 Å². The standard InChI is InChI=1S/C17H23N3O/c1-12-3-7-14(8-4-12)17-19-16(21-20-17)11-18-15-9-5-13(2)6-10-15/h5-6,9-10,12,14,18H,3-4,7-8,11H2,1-2H3. The van der Waals surface area contributed by atoms with Gasteiger partial charge in [-0.15, -0.1) is 0 Å². The topological polar surface area (TPSA) is 51.0 Å². The van der Waals surface area contributed by atoms with E-state index in [4.69, 9.17) is 4.52 Å². The highest BCUT2D eigenvalue weighted by atomic mass is 16.5. The van der Waals surface area contributed by atoms with Crippen LogP contribution in [0, 0.1) is 12.8 Å². The molecular formula is C17H23N3O. The monoisotopic (exact) mass is 285 g/mol. The molecule has 0 saturated heterocycles. The van der Waals surface area contributed by atoms with Gasteiger partial charge in [-0.2, -0.15) is 4.98 Å². The number of aromatic nitrogens is 2. The Hall–Kier alpha value is -1.84. The molecule has 0 amide bonds. The number of anilines is 1. The maximum atomic E-state index is 5.37. The van der Waals surface area contributed by atoms with E-state index in [2.05, 4.69) is 53.6 Å². The second kappa shape index (κ2) is 6.29. The van der Waals surface area contributed by atoms with E-state index in [1.807, 2.05) is 0 Å². The molecule has 0 bridgehead atoms. The van der Waals surface area contributed by atoms with E-state index in [1.54, 1.807) is 0 Å². The van der Waals surface area contributed by atoms with Gasteiger partial charge >= 0.3 is 0 Å². The predicted octanol–water partition coefficient (Wildman–Crippen LogP) is 4.28. The van der Waals surface area contributed by atoms with E-state index in [0.717, 1.165) is 17.4 Å². The van der Waals surface area contributed by atoms with Gasteiger partial charge < -0.3 is 9.84 Å². The van der Waals surface area contributed by atoms with Gasteiger partial charge in [-0.1, -0.05) is 42.6 Å². The van der Waals surface area contributed by atoms with Crippen LogP contribution in [-0.2, 0) is 6.54 Å². The summed E-state index contributed by atoms with van der Waals surface area (Å²) in [6.07, 6.45) is 4.92. The molecule has 0 atom stereocenters. The third-order valence-corrected chi connectivity index (χ3v) is 4.36. The van der Waals surface area contributed by atoms with Crippen molar-refractivity contribution >= 4 is 5.69 Å². The highest BCUT2D eigenvalue weighted by Crippen LogP contribution is 2.34. The SMILES string of the molecule is Cc1ccc(NCc2nc(C3CCC(C)CC3)no2)cc1. The lowest BCUT2D eigenvalue weighted by Gasteiger charge is -2.23. The second-order valence-electron chi connectivity index (χ2n) is 6.22. The van der Waals surface area contributed by atoms with Crippen LogP contribution in [0.3, 0.4) is 0 Å². The van der Waals surface area contributed by atoms with Gasteiger partial charge in [0, 0.05) is 11.6 Å². The zero-order valence-corrected chi connectivity index (χ0v) is 12.8. The van der Waals surface area contributed by atoms with Gasteiger partial charge in [-0.25, -0.2) is 0 Å². The molecule has 4 nitrogen and oxygen atoms in total. The van der Waals surface area contributed by atoms with E-state index in [1.165, 1.54) is 31.2 Å². The maximum absolute atomic E-state index is 5.37. The summed E-state index contributed by atoms with van der Waals surface area (Å²) >= 11 is 0. The van der Waals surface area contributed by atoms with Crippen molar-refractivity contribution in [1.82, 2.24) is 10.1 Å². The molecule has 1 aromatic heterocycles. The number of hydrogen-bond donors (Lipinski definition) is 1. The maximum Gasteiger partial charge on any atom is 0.245 e. The first-order valence-corrected chi connectivity index (χ1v) is 7.84.